The molecule has 0 aromatic heterocycles. The van der Waals surface area contributed by atoms with Crippen molar-refractivity contribution in [3.8, 4) is 5.75 Å². The van der Waals surface area contributed by atoms with E-state index in [0.29, 0.717) is 29.3 Å². The highest BCUT2D eigenvalue weighted by molar-refractivity contribution is 7.80. The summed E-state index contributed by atoms with van der Waals surface area (Å²) in [4.78, 5) is 14.8. The van der Waals surface area contributed by atoms with Crippen molar-refractivity contribution >= 4 is 23.1 Å². The van der Waals surface area contributed by atoms with E-state index in [4.69, 9.17) is 22.7 Å². The Morgan fingerprint density at radius 3 is 2.60 bits per heavy atom. The molecule has 0 radical (unpaired) electrons. The van der Waals surface area contributed by atoms with Gasteiger partial charge in [-0.25, -0.2) is 0 Å². The number of nitrogens with zero attached hydrogens (tertiary/aromatic N) is 1. The lowest BCUT2D eigenvalue weighted by molar-refractivity contribution is 0.0711. The third-order valence-corrected chi connectivity index (χ3v) is 3.34. The summed E-state index contributed by atoms with van der Waals surface area (Å²) in [6, 6.07) is 5.56. The van der Waals surface area contributed by atoms with Crippen molar-refractivity contribution in [1.29, 1.82) is 0 Å². The van der Waals surface area contributed by atoms with Crippen LogP contribution in [0.25, 0.3) is 0 Å². The van der Waals surface area contributed by atoms with Crippen molar-refractivity contribution in [3.63, 3.8) is 0 Å². The Hall–Kier alpha value is -1.62. The predicted octanol–water partition coefficient (Wildman–Crippen LogP) is 2.53. The molecule has 0 saturated heterocycles. The lowest BCUT2D eigenvalue weighted by Crippen LogP contribution is -2.39. The van der Waals surface area contributed by atoms with Crippen LogP contribution in [0.4, 0.5) is 0 Å². The molecule has 0 bridgehead atoms. The Morgan fingerprint density at radius 1 is 1.45 bits per heavy atom. The van der Waals surface area contributed by atoms with E-state index in [9.17, 15) is 4.79 Å². The highest BCUT2D eigenvalue weighted by Crippen LogP contribution is 2.20. The van der Waals surface area contributed by atoms with Gasteiger partial charge in [-0.15, -0.1) is 0 Å². The first-order valence-electron chi connectivity index (χ1n) is 6.60. The Morgan fingerprint density at radius 2 is 2.10 bits per heavy atom. The van der Waals surface area contributed by atoms with Crippen molar-refractivity contribution in [3.05, 3.63) is 29.3 Å². The normalized spacial score (nSPS) is 10.4. The number of carbonyl (C=O) groups excluding carboxylic acids is 1. The van der Waals surface area contributed by atoms with Gasteiger partial charge < -0.3 is 15.4 Å². The lowest BCUT2D eigenvalue weighted by Gasteiger charge is -2.27. The van der Waals surface area contributed by atoms with E-state index in [2.05, 4.69) is 0 Å². The quantitative estimate of drug-likeness (QED) is 0.819. The van der Waals surface area contributed by atoms with Gasteiger partial charge in [0, 0.05) is 24.6 Å². The minimum absolute atomic E-state index is 0.0328. The Labute approximate surface area is 125 Å². The second-order valence-electron chi connectivity index (χ2n) is 4.99. The van der Waals surface area contributed by atoms with Crippen LogP contribution in [0.1, 0.15) is 36.2 Å². The van der Waals surface area contributed by atoms with E-state index in [1.165, 1.54) is 0 Å². The van der Waals surface area contributed by atoms with Gasteiger partial charge in [-0.1, -0.05) is 18.3 Å². The fourth-order valence-electron chi connectivity index (χ4n) is 1.94. The van der Waals surface area contributed by atoms with Crippen LogP contribution in [-0.4, -0.2) is 35.5 Å². The van der Waals surface area contributed by atoms with Gasteiger partial charge in [-0.3, -0.25) is 4.79 Å². The third kappa shape index (κ3) is 4.20. The van der Waals surface area contributed by atoms with Crippen LogP contribution in [0.5, 0.6) is 5.75 Å². The summed E-state index contributed by atoms with van der Waals surface area (Å²) in [6.45, 7) is 6.42. The van der Waals surface area contributed by atoms with Crippen molar-refractivity contribution in [2.45, 2.75) is 33.2 Å². The van der Waals surface area contributed by atoms with Crippen LogP contribution in [0.15, 0.2) is 18.2 Å². The molecule has 1 aromatic rings. The van der Waals surface area contributed by atoms with Crippen molar-refractivity contribution < 1.29 is 9.53 Å². The zero-order chi connectivity index (χ0) is 15.3. The molecule has 1 rings (SSSR count). The van der Waals surface area contributed by atoms with Crippen LogP contribution in [0, 0.1) is 6.92 Å². The largest absolute Gasteiger partial charge is 0.496 e. The lowest BCUT2D eigenvalue weighted by atomic mass is 10.1. The maximum atomic E-state index is 12.6. The fraction of sp³-hybridized carbons (Fsp3) is 0.467. The predicted molar refractivity (Wildman–Crippen MR) is 85.3 cm³/mol. The number of rotatable bonds is 6. The monoisotopic (exact) mass is 294 g/mol. The van der Waals surface area contributed by atoms with E-state index < -0.39 is 0 Å². The summed E-state index contributed by atoms with van der Waals surface area (Å²) in [5.41, 5.74) is 7.14. The number of aryl methyl sites for hydroxylation is 1. The third-order valence-electron chi connectivity index (χ3n) is 3.14. The minimum atomic E-state index is -0.0328. The second kappa shape index (κ2) is 7.24. The topological polar surface area (TPSA) is 55.6 Å². The molecule has 0 heterocycles. The molecule has 0 aliphatic heterocycles. The highest BCUT2D eigenvalue weighted by Gasteiger charge is 2.19. The molecule has 0 atom stereocenters. The summed E-state index contributed by atoms with van der Waals surface area (Å²) >= 11 is 4.88. The number of amides is 1. The molecule has 20 heavy (non-hydrogen) atoms. The van der Waals surface area contributed by atoms with Gasteiger partial charge in [-0.05, 0) is 38.5 Å². The molecule has 5 heteroatoms. The van der Waals surface area contributed by atoms with E-state index >= 15 is 0 Å². The maximum Gasteiger partial charge on any atom is 0.254 e. The fourth-order valence-corrected chi connectivity index (χ4v) is 2.04. The summed E-state index contributed by atoms with van der Waals surface area (Å²) < 4.78 is 5.26. The summed E-state index contributed by atoms with van der Waals surface area (Å²) in [7, 11) is 1.60. The molecule has 0 unspecified atom stereocenters. The number of thiocarbonyl (C=S) groups is 1. The number of methoxy groups -OCH3 is 1. The minimum Gasteiger partial charge on any atom is -0.496 e. The average molecular weight is 294 g/mol. The van der Waals surface area contributed by atoms with Gasteiger partial charge in [0.25, 0.3) is 5.91 Å². The number of nitrogens with two attached hydrogens (primary N) is 1. The van der Waals surface area contributed by atoms with E-state index in [-0.39, 0.29) is 11.9 Å². The molecule has 1 aromatic carbocycles. The molecule has 0 saturated carbocycles. The maximum absolute atomic E-state index is 12.6. The molecule has 0 spiro atoms. The van der Waals surface area contributed by atoms with Crippen molar-refractivity contribution in [2.75, 3.05) is 13.7 Å². The molecule has 110 valence electrons. The van der Waals surface area contributed by atoms with Gasteiger partial charge in [0.1, 0.15) is 5.75 Å². The van der Waals surface area contributed by atoms with Crippen LogP contribution in [0.3, 0.4) is 0 Å². The molecular formula is C15H22N2O2S. The first kappa shape index (κ1) is 16.4. The van der Waals surface area contributed by atoms with Crippen LogP contribution >= 0.6 is 12.2 Å². The molecular weight excluding hydrogens is 272 g/mol. The second-order valence-corrected chi connectivity index (χ2v) is 5.52. The van der Waals surface area contributed by atoms with Crippen molar-refractivity contribution in [1.82, 2.24) is 4.90 Å². The standard InChI is InChI=1S/C15H22N2O2S/c1-10(2)17(8-7-14(16)20)15(18)12-6-5-11(3)13(9-12)19-4/h5-6,9-10H,7-8H2,1-4H3,(H2,16,20). The van der Waals surface area contributed by atoms with E-state index in [0.717, 1.165) is 5.56 Å². The SMILES string of the molecule is COc1cc(C(=O)N(CCC(N)=S)C(C)C)ccc1C. The molecule has 4 nitrogen and oxygen atoms in total. The number of hydrogen-bond donors (Lipinski definition) is 1. The van der Waals surface area contributed by atoms with Gasteiger partial charge in [0.15, 0.2) is 0 Å². The van der Waals surface area contributed by atoms with Crippen LogP contribution in [0.2, 0.25) is 0 Å². The van der Waals surface area contributed by atoms with Gasteiger partial charge >= 0.3 is 0 Å². The molecule has 0 aliphatic rings. The zero-order valence-corrected chi connectivity index (χ0v) is 13.3. The number of carbonyl (C=O) groups is 1. The van der Waals surface area contributed by atoms with Gasteiger partial charge in [0.2, 0.25) is 0 Å². The first-order valence-corrected chi connectivity index (χ1v) is 7.01. The molecule has 0 fully saturated rings. The Bertz CT molecular complexity index is 501. The van der Waals surface area contributed by atoms with E-state index in [1.807, 2.05) is 32.9 Å². The Balaban J connectivity index is 2.97. The van der Waals surface area contributed by atoms with Crippen LogP contribution < -0.4 is 10.5 Å². The van der Waals surface area contributed by atoms with Gasteiger partial charge in [-0.2, -0.15) is 0 Å². The molecule has 2 N–H and O–H groups in total. The molecule has 0 aliphatic carbocycles. The van der Waals surface area contributed by atoms with Crippen molar-refractivity contribution in [2.24, 2.45) is 5.73 Å². The number of benzene rings is 1. The first-order chi connectivity index (χ1) is 9.36. The summed E-state index contributed by atoms with van der Waals surface area (Å²) in [5, 5.41) is 0. The highest BCUT2D eigenvalue weighted by atomic mass is 32.1. The summed E-state index contributed by atoms with van der Waals surface area (Å²) in [5.74, 6) is 0.684. The number of hydrogen-bond acceptors (Lipinski definition) is 3. The number of ether oxygens (including phenoxy) is 1. The molecule has 1 amide bonds. The zero-order valence-electron chi connectivity index (χ0n) is 12.5. The van der Waals surface area contributed by atoms with Crippen LogP contribution in [-0.2, 0) is 0 Å². The van der Waals surface area contributed by atoms with Gasteiger partial charge in [0.05, 0.1) is 12.1 Å². The smallest absolute Gasteiger partial charge is 0.254 e. The van der Waals surface area contributed by atoms with E-state index in [1.54, 1.807) is 18.1 Å². The average Bonchev–Trinajstić information content (AvgIpc) is 2.38. The summed E-state index contributed by atoms with van der Waals surface area (Å²) in [6.07, 6.45) is 0.530. The Kier molecular flexibility index (Phi) is 5.95.